The zero-order valence-electron chi connectivity index (χ0n) is 19.9. The van der Waals surface area contributed by atoms with E-state index < -0.39 is 11.8 Å². The number of unbranched alkanes of at least 4 members (excludes halogenated alkanes) is 4. The van der Waals surface area contributed by atoms with Crippen LogP contribution in [0.15, 0.2) is 65.7 Å². The predicted octanol–water partition coefficient (Wildman–Crippen LogP) is 7.81. The second-order valence-electron chi connectivity index (χ2n) is 7.94. The van der Waals surface area contributed by atoms with E-state index in [1.165, 1.54) is 44.6 Å². The molecule has 0 unspecified atom stereocenters. The van der Waals surface area contributed by atoms with Crippen LogP contribution >= 0.6 is 11.6 Å². The van der Waals surface area contributed by atoms with Crippen LogP contribution in [0.25, 0.3) is 0 Å². The second kappa shape index (κ2) is 13.5. The van der Waals surface area contributed by atoms with Gasteiger partial charge >= 0.3 is 5.97 Å². The summed E-state index contributed by atoms with van der Waals surface area (Å²) in [6, 6.07) is 16.2. The van der Waals surface area contributed by atoms with Gasteiger partial charge in [0.25, 0.3) is 0 Å². The fourth-order valence-electron chi connectivity index (χ4n) is 3.30. The van der Waals surface area contributed by atoms with Crippen LogP contribution in [0, 0.1) is 5.82 Å². The molecule has 0 radical (unpaired) electrons. The van der Waals surface area contributed by atoms with Crippen LogP contribution in [0.3, 0.4) is 0 Å². The molecule has 0 spiro atoms. The van der Waals surface area contributed by atoms with E-state index >= 15 is 0 Å². The van der Waals surface area contributed by atoms with Gasteiger partial charge in [-0.2, -0.15) is 0 Å². The van der Waals surface area contributed by atoms with Crippen molar-refractivity contribution < 1.29 is 23.4 Å². The first-order valence-electron chi connectivity index (χ1n) is 11.6. The average Bonchev–Trinajstić information content (AvgIpc) is 2.87. The highest BCUT2D eigenvalue weighted by molar-refractivity contribution is 6.31. The fourth-order valence-corrected chi connectivity index (χ4v) is 3.48. The first-order chi connectivity index (χ1) is 17.0. The quantitative estimate of drug-likeness (QED) is 0.111. The van der Waals surface area contributed by atoms with Crippen LogP contribution < -0.4 is 14.2 Å². The second-order valence-corrected chi connectivity index (χ2v) is 8.35. The number of rotatable bonds is 12. The molecule has 0 aliphatic heterocycles. The van der Waals surface area contributed by atoms with Gasteiger partial charge in [0.05, 0.1) is 30.0 Å². The average molecular weight is 498 g/mol. The normalized spacial score (nSPS) is 11.0. The SMILES string of the molecule is CCCCCCCOc1ccc(C(=O)Oc2ccc(C=Nc3ccc(F)c(Cl)c3)cc2OC)cc1. The highest BCUT2D eigenvalue weighted by Gasteiger charge is 2.13. The van der Waals surface area contributed by atoms with Gasteiger partial charge in [-0.15, -0.1) is 0 Å². The summed E-state index contributed by atoms with van der Waals surface area (Å²) in [6.07, 6.45) is 7.46. The molecule has 3 rings (SSSR count). The summed E-state index contributed by atoms with van der Waals surface area (Å²) >= 11 is 5.79. The summed E-state index contributed by atoms with van der Waals surface area (Å²) < 4.78 is 30.0. The molecule has 0 saturated heterocycles. The number of ether oxygens (including phenoxy) is 3. The Morgan fingerprint density at radius 2 is 1.74 bits per heavy atom. The van der Waals surface area contributed by atoms with Gasteiger partial charge in [-0.3, -0.25) is 4.99 Å². The number of hydrogen-bond acceptors (Lipinski definition) is 5. The topological polar surface area (TPSA) is 57.1 Å². The van der Waals surface area contributed by atoms with Crippen molar-refractivity contribution in [1.82, 2.24) is 0 Å². The Labute approximate surface area is 210 Å². The van der Waals surface area contributed by atoms with Gasteiger partial charge in [0.15, 0.2) is 11.5 Å². The molecule has 184 valence electrons. The molecule has 0 aromatic heterocycles. The molecule has 0 bridgehead atoms. The third-order valence-electron chi connectivity index (χ3n) is 5.26. The van der Waals surface area contributed by atoms with Crippen molar-refractivity contribution in [3.8, 4) is 17.2 Å². The molecule has 0 N–H and O–H groups in total. The van der Waals surface area contributed by atoms with E-state index in [9.17, 15) is 9.18 Å². The fraction of sp³-hybridized carbons (Fsp3) is 0.286. The van der Waals surface area contributed by atoms with Crippen LogP contribution in [0.4, 0.5) is 10.1 Å². The lowest BCUT2D eigenvalue weighted by Gasteiger charge is -2.10. The summed E-state index contributed by atoms with van der Waals surface area (Å²) in [5.41, 5.74) is 1.62. The number of halogens is 2. The molecule has 35 heavy (non-hydrogen) atoms. The van der Waals surface area contributed by atoms with Crippen LogP contribution in [0.5, 0.6) is 17.2 Å². The number of esters is 1. The third-order valence-corrected chi connectivity index (χ3v) is 5.55. The molecule has 5 nitrogen and oxygen atoms in total. The molecule has 0 aliphatic carbocycles. The van der Waals surface area contributed by atoms with Crippen molar-refractivity contribution in [2.75, 3.05) is 13.7 Å². The van der Waals surface area contributed by atoms with E-state index in [0.29, 0.717) is 29.2 Å². The van der Waals surface area contributed by atoms with Crippen LogP contribution in [-0.4, -0.2) is 25.9 Å². The molecule has 0 aliphatic rings. The van der Waals surface area contributed by atoms with Crippen molar-refractivity contribution in [2.24, 2.45) is 4.99 Å². The number of carbonyl (C=O) groups excluding carboxylic acids is 1. The summed E-state index contributed by atoms with van der Waals surface area (Å²) in [7, 11) is 1.49. The number of aliphatic imine (C=N–C) groups is 1. The number of methoxy groups -OCH3 is 1. The molecule has 0 atom stereocenters. The Balaban J connectivity index is 1.58. The lowest BCUT2D eigenvalue weighted by molar-refractivity contribution is 0.0729. The van der Waals surface area contributed by atoms with Crippen molar-refractivity contribution in [3.05, 3.63) is 82.6 Å². The Hall–Kier alpha value is -3.38. The minimum absolute atomic E-state index is 0.00138. The maximum atomic E-state index is 13.3. The molecule has 0 saturated carbocycles. The van der Waals surface area contributed by atoms with E-state index in [-0.39, 0.29) is 10.8 Å². The summed E-state index contributed by atoms with van der Waals surface area (Å²) in [5.74, 6) is 0.380. The minimum Gasteiger partial charge on any atom is -0.494 e. The molecule has 3 aromatic rings. The number of benzene rings is 3. The number of nitrogens with zero attached hydrogens (tertiary/aromatic N) is 1. The van der Waals surface area contributed by atoms with Crippen LogP contribution in [0.2, 0.25) is 5.02 Å². The molecule has 0 fully saturated rings. The maximum absolute atomic E-state index is 13.3. The van der Waals surface area contributed by atoms with Gasteiger partial charge in [-0.05, 0) is 72.6 Å². The van der Waals surface area contributed by atoms with Gasteiger partial charge in [0.2, 0.25) is 0 Å². The highest BCUT2D eigenvalue weighted by atomic mass is 35.5. The first-order valence-corrected chi connectivity index (χ1v) is 12.0. The van der Waals surface area contributed by atoms with Crippen molar-refractivity contribution in [2.45, 2.75) is 39.0 Å². The lowest BCUT2D eigenvalue weighted by Crippen LogP contribution is -2.09. The summed E-state index contributed by atoms with van der Waals surface area (Å²) in [4.78, 5) is 16.9. The molecule has 3 aromatic carbocycles. The number of carbonyl (C=O) groups is 1. The van der Waals surface area contributed by atoms with E-state index in [1.807, 2.05) is 0 Å². The Kier molecular flexibility index (Phi) is 10.1. The van der Waals surface area contributed by atoms with Gasteiger partial charge in [-0.1, -0.05) is 44.2 Å². The van der Waals surface area contributed by atoms with Gasteiger partial charge in [-0.25, -0.2) is 9.18 Å². The Morgan fingerprint density at radius 1 is 0.971 bits per heavy atom. The maximum Gasteiger partial charge on any atom is 0.343 e. The Bertz CT molecular complexity index is 1150. The van der Waals surface area contributed by atoms with Crippen LogP contribution in [-0.2, 0) is 0 Å². The molecule has 0 heterocycles. The van der Waals surface area contributed by atoms with E-state index in [4.69, 9.17) is 25.8 Å². The van der Waals surface area contributed by atoms with Crippen LogP contribution in [0.1, 0.15) is 54.9 Å². The minimum atomic E-state index is -0.503. The predicted molar refractivity (Wildman–Crippen MR) is 137 cm³/mol. The smallest absolute Gasteiger partial charge is 0.343 e. The first kappa shape index (κ1) is 26.2. The third kappa shape index (κ3) is 8.11. The van der Waals surface area contributed by atoms with Crippen molar-refractivity contribution in [3.63, 3.8) is 0 Å². The van der Waals surface area contributed by atoms with E-state index in [1.54, 1.807) is 48.7 Å². The molecule has 0 amide bonds. The van der Waals surface area contributed by atoms with E-state index in [0.717, 1.165) is 18.6 Å². The van der Waals surface area contributed by atoms with Crippen molar-refractivity contribution in [1.29, 1.82) is 0 Å². The van der Waals surface area contributed by atoms with Gasteiger partial charge < -0.3 is 14.2 Å². The van der Waals surface area contributed by atoms with Gasteiger partial charge in [0, 0.05) is 6.21 Å². The zero-order valence-corrected chi connectivity index (χ0v) is 20.7. The lowest BCUT2D eigenvalue weighted by atomic mass is 10.2. The van der Waals surface area contributed by atoms with Gasteiger partial charge in [0.1, 0.15) is 11.6 Å². The van der Waals surface area contributed by atoms with E-state index in [2.05, 4.69) is 11.9 Å². The highest BCUT2D eigenvalue weighted by Crippen LogP contribution is 2.29. The molecule has 7 heteroatoms. The largest absolute Gasteiger partial charge is 0.494 e. The zero-order chi connectivity index (χ0) is 25.0. The summed E-state index contributed by atoms with van der Waals surface area (Å²) in [5, 5.41) is 0.00138. The number of hydrogen-bond donors (Lipinski definition) is 0. The molecular formula is C28H29ClFNO4. The monoisotopic (exact) mass is 497 g/mol. The van der Waals surface area contributed by atoms with Crippen molar-refractivity contribution >= 4 is 29.5 Å². The summed E-state index contributed by atoms with van der Waals surface area (Å²) in [6.45, 7) is 2.85. The standard InChI is InChI=1S/C28H29ClFNO4/c1-3-4-5-6-7-16-34-23-12-9-21(10-13-23)28(32)35-26-15-8-20(17-27(26)33-2)19-31-22-11-14-25(30)24(29)18-22/h8-15,17-19H,3-7,16H2,1-2H3. The molecular weight excluding hydrogens is 469 g/mol. The Morgan fingerprint density at radius 3 is 2.46 bits per heavy atom.